The summed E-state index contributed by atoms with van der Waals surface area (Å²) in [7, 11) is 0. The maximum Gasteiger partial charge on any atom is 0.432 e. The Morgan fingerprint density at radius 1 is 1.22 bits per heavy atom. The van der Waals surface area contributed by atoms with Gasteiger partial charge in [-0.15, -0.1) is 11.3 Å². The second-order valence-corrected chi connectivity index (χ2v) is 5.49. The van der Waals surface area contributed by atoms with Crippen LogP contribution < -0.4 is 5.73 Å². The summed E-state index contributed by atoms with van der Waals surface area (Å²) in [5, 5.41) is 1.08. The lowest BCUT2D eigenvalue weighted by atomic mass is 10.1. The van der Waals surface area contributed by atoms with Gasteiger partial charge in [0, 0.05) is 16.6 Å². The van der Waals surface area contributed by atoms with Crippen molar-refractivity contribution in [1.29, 1.82) is 0 Å². The first-order chi connectivity index (χ1) is 10.7. The molecular weight excluding hydrogens is 333 g/mol. The molecule has 0 spiro atoms. The number of hydrogen-bond acceptors (Lipinski definition) is 5. The maximum absolute atomic E-state index is 13.1. The van der Waals surface area contributed by atoms with E-state index in [2.05, 4.69) is 9.72 Å². The van der Waals surface area contributed by atoms with Gasteiger partial charge in [-0.3, -0.25) is 4.79 Å². The smallest absolute Gasteiger partial charge is 0.432 e. The molecule has 5 nitrogen and oxygen atoms in total. The molecule has 2 aromatic rings. The minimum atomic E-state index is -4.78. The molecule has 0 aliphatic carbocycles. The summed E-state index contributed by atoms with van der Waals surface area (Å²) in [6, 6.07) is 4.80. The highest BCUT2D eigenvalue weighted by atomic mass is 32.1. The average Bonchev–Trinajstić information content (AvgIpc) is 2.89. The van der Waals surface area contributed by atoms with E-state index in [1.807, 2.05) is 0 Å². The van der Waals surface area contributed by atoms with Crippen LogP contribution in [0.5, 0.6) is 0 Å². The van der Waals surface area contributed by atoms with Crippen LogP contribution in [0.3, 0.4) is 0 Å². The van der Waals surface area contributed by atoms with Gasteiger partial charge in [0.2, 0.25) is 12.0 Å². The van der Waals surface area contributed by atoms with Crippen molar-refractivity contribution in [3.63, 3.8) is 0 Å². The lowest BCUT2D eigenvalue weighted by Gasteiger charge is -2.18. The Bertz CT molecular complexity index is 726. The van der Waals surface area contributed by atoms with E-state index in [9.17, 15) is 22.8 Å². The van der Waals surface area contributed by atoms with Crippen molar-refractivity contribution in [1.82, 2.24) is 4.98 Å². The normalized spacial score (nSPS) is 12.7. The molecule has 0 unspecified atom stereocenters. The van der Waals surface area contributed by atoms with Crippen LogP contribution in [0.4, 0.5) is 13.2 Å². The number of amides is 1. The van der Waals surface area contributed by atoms with E-state index in [-0.39, 0.29) is 16.1 Å². The standard InChI is InChI=1S/C14H11F3N2O3S/c1-7-6-23-12(19-7)10(14(15,16)17)22-13(21)9-4-2-8(3-5-9)11(18)20/h2-6,10H,1H3,(H2,18,20)/t10-/m1/s1. The van der Waals surface area contributed by atoms with Crippen molar-refractivity contribution >= 4 is 23.2 Å². The summed E-state index contributed by atoms with van der Waals surface area (Å²) in [4.78, 5) is 26.6. The Morgan fingerprint density at radius 3 is 2.22 bits per heavy atom. The number of esters is 1. The molecule has 9 heteroatoms. The number of primary amides is 1. The Morgan fingerprint density at radius 2 is 1.78 bits per heavy atom. The van der Waals surface area contributed by atoms with Gasteiger partial charge in [0.25, 0.3) is 0 Å². The number of carbonyl (C=O) groups is 2. The Balaban J connectivity index is 2.22. The number of aromatic nitrogens is 1. The zero-order chi connectivity index (χ0) is 17.2. The van der Waals surface area contributed by atoms with E-state index in [1.165, 1.54) is 36.6 Å². The summed E-state index contributed by atoms with van der Waals surface area (Å²) < 4.78 is 43.8. The summed E-state index contributed by atoms with van der Waals surface area (Å²) in [6.07, 6.45) is -7.22. The topological polar surface area (TPSA) is 82.3 Å². The summed E-state index contributed by atoms with van der Waals surface area (Å²) in [6.45, 7) is 1.54. The number of benzene rings is 1. The average molecular weight is 344 g/mol. The van der Waals surface area contributed by atoms with Crippen LogP contribution in [0.1, 0.15) is 37.5 Å². The van der Waals surface area contributed by atoms with E-state index in [0.29, 0.717) is 5.69 Å². The second-order valence-electron chi connectivity index (χ2n) is 4.60. The molecule has 2 N–H and O–H groups in total. The van der Waals surface area contributed by atoms with Crippen molar-refractivity contribution in [3.05, 3.63) is 51.5 Å². The number of alkyl halides is 3. The highest BCUT2D eigenvalue weighted by Gasteiger charge is 2.46. The van der Waals surface area contributed by atoms with Crippen LogP contribution in [0, 0.1) is 6.92 Å². The molecule has 0 aliphatic heterocycles. The second kappa shape index (κ2) is 6.37. The Hall–Kier alpha value is -2.42. The van der Waals surface area contributed by atoms with Crippen LogP contribution in [0.2, 0.25) is 0 Å². The largest absolute Gasteiger partial charge is 0.442 e. The first-order valence-corrected chi connectivity index (χ1v) is 7.16. The van der Waals surface area contributed by atoms with Crippen molar-refractivity contribution in [3.8, 4) is 0 Å². The molecule has 0 saturated heterocycles. The third-order valence-corrected chi connectivity index (χ3v) is 3.79. The van der Waals surface area contributed by atoms with Crippen molar-refractivity contribution in [2.45, 2.75) is 19.2 Å². The molecule has 23 heavy (non-hydrogen) atoms. The van der Waals surface area contributed by atoms with Gasteiger partial charge in [0.15, 0.2) is 0 Å². The third kappa shape index (κ3) is 4.07. The van der Waals surface area contributed by atoms with Crippen LogP contribution in [0.15, 0.2) is 29.6 Å². The van der Waals surface area contributed by atoms with E-state index < -0.39 is 24.2 Å². The number of nitrogens with zero attached hydrogens (tertiary/aromatic N) is 1. The van der Waals surface area contributed by atoms with Crippen molar-refractivity contribution in [2.75, 3.05) is 0 Å². The van der Waals surface area contributed by atoms with E-state index in [1.54, 1.807) is 0 Å². The minimum Gasteiger partial charge on any atom is -0.442 e. The zero-order valence-corrected chi connectivity index (χ0v) is 12.6. The number of rotatable bonds is 4. The number of halogens is 3. The molecule has 1 aromatic heterocycles. The number of thiazole rings is 1. The predicted molar refractivity (Wildman–Crippen MR) is 76.0 cm³/mol. The van der Waals surface area contributed by atoms with Crippen molar-refractivity contribution in [2.24, 2.45) is 5.73 Å². The molecule has 0 fully saturated rings. The van der Waals surface area contributed by atoms with Crippen molar-refractivity contribution < 1.29 is 27.5 Å². The first kappa shape index (κ1) is 16.9. The third-order valence-electron chi connectivity index (χ3n) is 2.79. The van der Waals surface area contributed by atoms with Gasteiger partial charge in [0.1, 0.15) is 5.01 Å². The maximum atomic E-state index is 13.1. The highest BCUT2D eigenvalue weighted by Crippen LogP contribution is 2.37. The monoisotopic (exact) mass is 344 g/mol. The lowest BCUT2D eigenvalue weighted by Crippen LogP contribution is -2.26. The van der Waals surface area contributed by atoms with Gasteiger partial charge in [-0.1, -0.05) is 0 Å². The van der Waals surface area contributed by atoms with Gasteiger partial charge in [-0.2, -0.15) is 13.2 Å². The molecule has 2 rings (SSSR count). The molecule has 1 heterocycles. The molecule has 0 saturated carbocycles. The quantitative estimate of drug-likeness (QED) is 0.865. The fraction of sp³-hybridized carbons (Fsp3) is 0.214. The van der Waals surface area contributed by atoms with Crippen LogP contribution in [-0.4, -0.2) is 23.0 Å². The van der Waals surface area contributed by atoms with Gasteiger partial charge < -0.3 is 10.5 Å². The zero-order valence-electron chi connectivity index (χ0n) is 11.8. The molecule has 122 valence electrons. The number of nitrogens with two attached hydrogens (primary N) is 1. The molecule has 0 radical (unpaired) electrons. The number of ether oxygens (including phenoxy) is 1. The molecule has 0 bridgehead atoms. The van der Waals surface area contributed by atoms with Crippen LogP contribution in [-0.2, 0) is 4.74 Å². The van der Waals surface area contributed by atoms with E-state index in [0.717, 1.165) is 11.3 Å². The van der Waals surface area contributed by atoms with E-state index in [4.69, 9.17) is 5.73 Å². The summed E-state index contributed by atoms with van der Waals surface area (Å²) in [5.41, 5.74) is 5.45. The predicted octanol–water partition coefficient (Wildman–Crippen LogP) is 3.01. The van der Waals surface area contributed by atoms with Gasteiger partial charge in [-0.05, 0) is 31.2 Å². The molecule has 0 aliphatic rings. The minimum absolute atomic E-state index is 0.127. The van der Waals surface area contributed by atoms with Gasteiger partial charge >= 0.3 is 12.1 Å². The Labute approximate surface area is 132 Å². The lowest BCUT2D eigenvalue weighted by molar-refractivity contribution is -0.207. The van der Waals surface area contributed by atoms with Gasteiger partial charge in [-0.25, -0.2) is 9.78 Å². The van der Waals surface area contributed by atoms with Crippen LogP contribution >= 0.6 is 11.3 Å². The SMILES string of the molecule is Cc1csc([C@@H](OC(=O)c2ccc(C(N)=O)cc2)C(F)(F)F)n1. The van der Waals surface area contributed by atoms with Crippen LogP contribution in [0.25, 0.3) is 0 Å². The number of carbonyl (C=O) groups excluding carboxylic acids is 2. The van der Waals surface area contributed by atoms with Gasteiger partial charge in [0.05, 0.1) is 5.56 Å². The number of aryl methyl sites for hydroxylation is 1. The fourth-order valence-corrected chi connectivity index (χ4v) is 2.54. The Kier molecular flexibility index (Phi) is 4.69. The molecular formula is C14H11F3N2O3S. The summed E-state index contributed by atoms with van der Waals surface area (Å²) in [5.74, 6) is -1.88. The molecule has 1 atom stereocenters. The highest BCUT2D eigenvalue weighted by molar-refractivity contribution is 7.09. The molecule has 1 amide bonds. The summed E-state index contributed by atoms with van der Waals surface area (Å²) >= 11 is 0.759. The fourth-order valence-electron chi connectivity index (χ4n) is 1.70. The first-order valence-electron chi connectivity index (χ1n) is 6.28. The number of hydrogen-bond donors (Lipinski definition) is 1. The molecule has 1 aromatic carbocycles. The van der Waals surface area contributed by atoms with E-state index >= 15 is 0 Å².